The van der Waals surface area contributed by atoms with Crippen LogP contribution in [0.4, 0.5) is 0 Å². The van der Waals surface area contributed by atoms with Crippen molar-refractivity contribution in [2.45, 2.75) is 25.8 Å². The van der Waals surface area contributed by atoms with Gasteiger partial charge in [0.05, 0.1) is 13.2 Å². The van der Waals surface area contributed by atoms with Crippen LogP contribution in [0.1, 0.15) is 28.3 Å². The maximum Gasteiger partial charge on any atom is 0.123 e. The Hall–Kier alpha value is -1.07. The lowest BCUT2D eigenvalue weighted by atomic mass is 10.0. The normalized spacial score (nSPS) is 12.4. The zero-order chi connectivity index (χ0) is 14.5. The molecule has 1 heterocycles. The van der Waals surface area contributed by atoms with E-state index in [0.717, 1.165) is 24.2 Å². The molecule has 5 heteroatoms. The van der Waals surface area contributed by atoms with Crippen molar-refractivity contribution in [2.75, 3.05) is 7.11 Å². The second-order valence-corrected chi connectivity index (χ2v) is 6.22. The smallest absolute Gasteiger partial charge is 0.123 e. The fourth-order valence-electron chi connectivity index (χ4n) is 2.16. The number of nitrogens with two attached hydrogens (primary N) is 1. The molecule has 0 spiro atoms. The fraction of sp³-hybridized carbons (Fsp3) is 0.333. The van der Waals surface area contributed by atoms with E-state index in [0.29, 0.717) is 5.02 Å². The molecule has 20 heavy (non-hydrogen) atoms. The van der Waals surface area contributed by atoms with Crippen molar-refractivity contribution in [3.8, 4) is 5.75 Å². The first-order valence-corrected chi connectivity index (χ1v) is 7.74. The third kappa shape index (κ3) is 3.52. The van der Waals surface area contributed by atoms with E-state index in [1.54, 1.807) is 7.11 Å². The number of rotatable bonds is 6. The average molecular weight is 311 g/mol. The molecule has 0 amide bonds. The maximum atomic E-state index is 6.08. The molecule has 0 radical (unpaired) electrons. The Morgan fingerprint density at radius 2 is 2.05 bits per heavy atom. The molecule has 0 bridgehead atoms. The fourth-order valence-corrected chi connectivity index (χ4v) is 3.34. The summed E-state index contributed by atoms with van der Waals surface area (Å²) in [6.45, 7) is 2.16. The molecule has 3 nitrogen and oxygen atoms in total. The topological polar surface area (TPSA) is 47.3 Å². The van der Waals surface area contributed by atoms with E-state index < -0.39 is 0 Å². The third-order valence-electron chi connectivity index (χ3n) is 3.24. The lowest BCUT2D eigenvalue weighted by Gasteiger charge is -2.18. The number of halogens is 1. The van der Waals surface area contributed by atoms with Crippen LogP contribution in [0.15, 0.2) is 30.3 Å². The van der Waals surface area contributed by atoms with Crippen molar-refractivity contribution in [3.63, 3.8) is 0 Å². The molecule has 1 aromatic heterocycles. The van der Waals surface area contributed by atoms with E-state index in [2.05, 4.69) is 24.5 Å². The summed E-state index contributed by atoms with van der Waals surface area (Å²) in [5.74, 6) is 6.52. The summed E-state index contributed by atoms with van der Waals surface area (Å²) in [7, 11) is 1.65. The molecular weight excluding hydrogens is 292 g/mol. The first kappa shape index (κ1) is 15.3. The largest absolute Gasteiger partial charge is 0.496 e. The van der Waals surface area contributed by atoms with E-state index >= 15 is 0 Å². The van der Waals surface area contributed by atoms with Gasteiger partial charge in [0, 0.05) is 26.8 Å². The number of ether oxygens (including phenoxy) is 1. The van der Waals surface area contributed by atoms with E-state index in [1.807, 2.05) is 29.5 Å². The van der Waals surface area contributed by atoms with Crippen LogP contribution >= 0.6 is 22.9 Å². The predicted octanol–water partition coefficient (Wildman–Crippen LogP) is 3.72. The number of hydrogen-bond donors (Lipinski definition) is 2. The van der Waals surface area contributed by atoms with Crippen LogP contribution in [0, 0.1) is 0 Å². The van der Waals surface area contributed by atoms with Crippen molar-refractivity contribution in [2.24, 2.45) is 5.84 Å². The zero-order valence-corrected chi connectivity index (χ0v) is 13.2. The Kier molecular flexibility index (Phi) is 5.43. The molecule has 0 saturated heterocycles. The summed E-state index contributed by atoms with van der Waals surface area (Å²) < 4.78 is 5.40. The van der Waals surface area contributed by atoms with Gasteiger partial charge in [-0.05, 0) is 36.8 Å². The van der Waals surface area contributed by atoms with Gasteiger partial charge < -0.3 is 4.74 Å². The van der Waals surface area contributed by atoms with E-state index in [-0.39, 0.29) is 6.04 Å². The number of benzene rings is 1. The Labute approximate surface area is 128 Å². The van der Waals surface area contributed by atoms with Crippen molar-refractivity contribution < 1.29 is 4.74 Å². The minimum absolute atomic E-state index is 0.0213. The van der Waals surface area contributed by atoms with Crippen LogP contribution in [-0.4, -0.2) is 7.11 Å². The Morgan fingerprint density at radius 3 is 2.65 bits per heavy atom. The molecular formula is C15H19ClN2OS. The number of aryl methyl sites for hydroxylation is 1. The van der Waals surface area contributed by atoms with E-state index in [1.165, 1.54) is 9.75 Å². The van der Waals surface area contributed by atoms with Crippen molar-refractivity contribution in [1.82, 2.24) is 5.43 Å². The first-order valence-electron chi connectivity index (χ1n) is 6.55. The molecule has 1 unspecified atom stereocenters. The molecule has 2 rings (SSSR count). The lowest BCUT2D eigenvalue weighted by molar-refractivity contribution is 0.399. The molecule has 0 aliphatic carbocycles. The van der Waals surface area contributed by atoms with Crippen molar-refractivity contribution in [1.29, 1.82) is 0 Å². The molecule has 0 saturated carbocycles. The standard InChI is InChI=1S/C15H19ClN2OS/c1-3-11-5-6-12(20-11)9-14(18-17)13-8-10(16)4-7-15(13)19-2/h4-8,14,18H,3,9,17H2,1-2H3. The highest BCUT2D eigenvalue weighted by atomic mass is 35.5. The first-order chi connectivity index (χ1) is 9.67. The van der Waals surface area contributed by atoms with Crippen molar-refractivity contribution in [3.05, 3.63) is 50.7 Å². The second-order valence-electron chi connectivity index (χ2n) is 4.53. The van der Waals surface area contributed by atoms with Gasteiger partial charge in [0.25, 0.3) is 0 Å². The van der Waals surface area contributed by atoms with Crippen LogP contribution in [0.5, 0.6) is 5.75 Å². The van der Waals surface area contributed by atoms with Crippen molar-refractivity contribution >= 4 is 22.9 Å². The molecule has 0 aliphatic heterocycles. The highest BCUT2D eigenvalue weighted by Crippen LogP contribution is 2.31. The maximum absolute atomic E-state index is 6.08. The Morgan fingerprint density at radius 1 is 1.30 bits per heavy atom. The molecule has 3 N–H and O–H groups in total. The zero-order valence-electron chi connectivity index (χ0n) is 11.7. The van der Waals surface area contributed by atoms with Gasteiger partial charge in [-0.2, -0.15) is 0 Å². The number of nitrogens with one attached hydrogen (secondary N) is 1. The monoisotopic (exact) mass is 310 g/mol. The summed E-state index contributed by atoms with van der Waals surface area (Å²) in [4.78, 5) is 2.68. The van der Waals surface area contributed by atoms with Gasteiger partial charge in [-0.25, -0.2) is 0 Å². The second kappa shape index (κ2) is 7.09. The van der Waals surface area contributed by atoms with E-state index in [4.69, 9.17) is 22.2 Å². The van der Waals surface area contributed by atoms with Crippen LogP contribution in [0.3, 0.4) is 0 Å². The molecule has 1 aromatic carbocycles. The molecule has 108 valence electrons. The van der Waals surface area contributed by atoms with Crippen LogP contribution in [-0.2, 0) is 12.8 Å². The van der Waals surface area contributed by atoms with Gasteiger partial charge in [-0.1, -0.05) is 18.5 Å². The Balaban J connectivity index is 2.25. The van der Waals surface area contributed by atoms with Gasteiger partial charge in [0.2, 0.25) is 0 Å². The number of methoxy groups -OCH3 is 1. The lowest BCUT2D eigenvalue weighted by Crippen LogP contribution is -2.29. The summed E-state index contributed by atoms with van der Waals surface area (Å²) in [6.07, 6.45) is 1.88. The number of thiophene rings is 1. The van der Waals surface area contributed by atoms with Gasteiger partial charge >= 0.3 is 0 Å². The molecule has 2 aromatic rings. The Bertz CT molecular complexity index is 571. The summed E-state index contributed by atoms with van der Waals surface area (Å²) in [5.41, 5.74) is 3.84. The van der Waals surface area contributed by atoms with Gasteiger partial charge in [0.1, 0.15) is 5.75 Å². The van der Waals surface area contributed by atoms with Gasteiger partial charge in [-0.15, -0.1) is 11.3 Å². The average Bonchev–Trinajstić information content (AvgIpc) is 2.92. The minimum atomic E-state index is -0.0213. The molecule has 0 fully saturated rings. The summed E-state index contributed by atoms with van der Waals surface area (Å²) in [6, 6.07) is 9.89. The highest BCUT2D eigenvalue weighted by Gasteiger charge is 2.17. The number of hydrogen-bond acceptors (Lipinski definition) is 4. The molecule has 0 aliphatic rings. The SMILES string of the molecule is CCc1ccc(CC(NN)c2cc(Cl)ccc2OC)s1. The number of hydrazine groups is 1. The van der Waals surface area contributed by atoms with Crippen LogP contribution in [0.2, 0.25) is 5.02 Å². The van der Waals surface area contributed by atoms with Gasteiger partial charge in [0.15, 0.2) is 0 Å². The highest BCUT2D eigenvalue weighted by molar-refractivity contribution is 7.11. The summed E-state index contributed by atoms with van der Waals surface area (Å²) in [5, 5.41) is 0.682. The van der Waals surface area contributed by atoms with Gasteiger partial charge in [-0.3, -0.25) is 11.3 Å². The van der Waals surface area contributed by atoms with Crippen LogP contribution < -0.4 is 16.0 Å². The van der Waals surface area contributed by atoms with E-state index in [9.17, 15) is 0 Å². The quantitative estimate of drug-likeness (QED) is 0.631. The molecule has 1 atom stereocenters. The third-order valence-corrected chi connectivity index (χ3v) is 4.73. The summed E-state index contributed by atoms with van der Waals surface area (Å²) >= 11 is 7.90. The minimum Gasteiger partial charge on any atom is -0.496 e. The predicted molar refractivity (Wildman–Crippen MR) is 85.5 cm³/mol. The van der Waals surface area contributed by atoms with Crippen LogP contribution in [0.25, 0.3) is 0 Å².